The number of hydrogen-bond donors (Lipinski definition) is 0. The van der Waals surface area contributed by atoms with Gasteiger partial charge in [-0.2, -0.15) is 0 Å². The van der Waals surface area contributed by atoms with Crippen molar-refractivity contribution in [1.29, 1.82) is 0 Å². The molecule has 1 saturated heterocycles. The van der Waals surface area contributed by atoms with Crippen LogP contribution in [-0.4, -0.2) is 42.6 Å². The Morgan fingerprint density at radius 1 is 1.08 bits per heavy atom. The van der Waals surface area contributed by atoms with Crippen molar-refractivity contribution >= 4 is 11.9 Å². The summed E-state index contributed by atoms with van der Waals surface area (Å²) < 4.78 is 24.3. The second-order valence-electron chi connectivity index (χ2n) is 5.77. The largest absolute Gasteiger partial charge is 0.485 e. The fraction of sp³-hybridized carbons (Fsp3) is 0.263. The fourth-order valence-corrected chi connectivity index (χ4v) is 2.93. The zero-order chi connectivity index (χ0) is 17.8. The smallest absolute Gasteiger partial charge is 0.328 e. The fourth-order valence-electron chi connectivity index (χ4n) is 2.93. The Labute approximate surface area is 145 Å². The van der Waals surface area contributed by atoms with E-state index in [-0.39, 0.29) is 24.6 Å². The van der Waals surface area contributed by atoms with Crippen molar-refractivity contribution in [2.75, 3.05) is 13.7 Å². The molecule has 2 aromatic rings. The average Bonchev–Trinajstić information content (AvgIpc) is 3.07. The molecule has 0 N–H and O–H groups in total. The average molecular weight is 343 g/mol. The Morgan fingerprint density at radius 2 is 1.76 bits per heavy atom. The van der Waals surface area contributed by atoms with Gasteiger partial charge in [0.05, 0.1) is 13.7 Å². The van der Waals surface area contributed by atoms with Crippen molar-refractivity contribution in [3.05, 3.63) is 66.0 Å². The van der Waals surface area contributed by atoms with Crippen molar-refractivity contribution in [3.8, 4) is 5.75 Å². The lowest BCUT2D eigenvalue weighted by molar-refractivity contribution is -0.145. The lowest BCUT2D eigenvalue weighted by Crippen LogP contribution is -2.41. The number of ether oxygens (including phenoxy) is 2. The lowest BCUT2D eigenvalue weighted by Gasteiger charge is -2.22. The van der Waals surface area contributed by atoms with Crippen LogP contribution in [0.1, 0.15) is 16.8 Å². The standard InChI is InChI=1S/C19H18FNO4/c1-24-19(23)16-11-14(25-17-10-6-5-9-15(17)20)12-21(16)18(22)13-7-3-2-4-8-13/h2-10,14,16H,11-12H2,1H3/t14-,16-/m0/s1. The van der Waals surface area contributed by atoms with Crippen molar-refractivity contribution in [3.63, 3.8) is 0 Å². The van der Waals surface area contributed by atoms with Gasteiger partial charge in [-0.1, -0.05) is 30.3 Å². The molecule has 0 aromatic heterocycles. The van der Waals surface area contributed by atoms with E-state index in [1.807, 2.05) is 6.07 Å². The number of carbonyl (C=O) groups excluding carboxylic acids is 2. The van der Waals surface area contributed by atoms with Gasteiger partial charge in [-0.25, -0.2) is 9.18 Å². The van der Waals surface area contributed by atoms with Crippen molar-refractivity contribution < 1.29 is 23.5 Å². The first kappa shape index (κ1) is 17.0. The predicted molar refractivity (Wildman–Crippen MR) is 88.7 cm³/mol. The molecule has 0 radical (unpaired) electrons. The molecule has 1 aliphatic heterocycles. The highest BCUT2D eigenvalue weighted by molar-refractivity contribution is 5.97. The van der Waals surface area contributed by atoms with Gasteiger partial charge < -0.3 is 14.4 Å². The van der Waals surface area contributed by atoms with Crippen molar-refractivity contribution in [1.82, 2.24) is 4.90 Å². The van der Waals surface area contributed by atoms with Gasteiger partial charge in [0.1, 0.15) is 12.1 Å². The molecule has 0 bridgehead atoms. The third-order valence-corrected chi connectivity index (χ3v) is 4.15. The molecule has 2 atom stereocenters. The van der Waals surface area contributed by atoms with Gasteiger partial charge in [0.15, 0.2) is 11.6 Å². The minimum atomic E-state index is -0.755. The van der Waals surface area contributed by atoms with E-state index in [2.05, 4.69) is 0 Å². The molecule has 1 heterocycles. The molecule has 130 valence electrons. The highest BCUT2D eigenvalue weighted by atomic mass is 19.1. The van der Waals surface area contributed by atoms with Gasteiger partial charge in [-0.05, 0) is 24.3 Å². The van der Waals surface area contributed by atoms with E-state index in [0.717, 1.165) is 0 Å². The minimum Gasteiger partial charge on any atom is -0.485 e. The second-order valence-corrected chi connectivity index (χ2v) is 5.77. The number of amides is 1. The second kappa shape index (κ2) is 7.34. The Kier molecular flexibility index (Phi) is 4.97. The Hall–Kier alpha value is -2.89. The Balaban J connectivity index is 1.80. The highest BCUT2D eigenvalue weighted by Crippen LogP contribution is 2.27. The van der Waals surface area contributed by atoms with Crippen LogP contribution < -0.4 is 4.74 Å². The van der Waals surface area contributed by atoms with Crippen LogP contribution in [0.15, 0.2) is 54.6 Å². The first-order chi connectivity index (χ1) is 12.1. The third-order valence-electron chi connectivity index (χ3n) is 4.15. The summed E-state index contributed by atoms with van der Waals surface area (Å²) in [7, 11) is 1.28. The lowest BCUT2D eigenvalue weighted by atomic mass is 10.1. The third kappa shape index (κ3) is 3.63. The predicted octanol–water partition coefficient (Wildman–Crippen LogP) is 2.66. The van der Waals surface area contributed by atoms with Gasteiger partial charge in [0, 0.05) is 12.0 Å². The molecule has 0 saturated carbocycles. The van der Waals surface area contributed by atoms with Crippen molar-refractivity contribution in [2.24, 2.45) is 0 Å². The number of rotatable bonds is 4. The van der Waals surface area contributed by atoms with Gasteiger partial charge in [-0.3, -0.25) is 4.79 Å². The quantitative estimate of drug-likeness (QED) is 0.801. The maximum atomic E-state index is 13.8. The molecule has 25 heavy (non-hydrogen) atoms. The summed E-state index contributed by atoms with van der Waals surface area (Å²) in [6.45, 7) is 0.182. The monoisotopic (exact) mass is 343 g/mol. The van der Waals surface area contributed by atoms with Gasteiger partial charge >= 0.3 is 5.97 Å². The van der Waals surface area contributed by atoms with E-state index in [4.69, 9.17) is 9.47 Å². The van der Waals surface area contributed by atoms with E-state index in [0.29, 0.717) is 5.56 Å². The number of likely N-dealkylation sites (tertiary alicyclic amines) is 1. The molecule has 1 aliphatic rings. The van der Waals surface area contributed by atoms with Gasteiger partial charge in [0.25, 0.3) is 5.91 Å². The number of esters is 1. The Morgan fingerprint density at radius 3 is 2.44 bits per heavy atom. The molecular formula is C19H18FNO4. The number of para-hydroxylation sites is 1. The Bertz CT molecular complexity index is 765. The first-order valence-corrected chi connectivity index (χ1v) is 7.95. The van der Waals surface area contributed by atoms with Crippen molar-refractivity contribution in [2.45, 2.75) is 18.6 Å². The summed E-state index contributed by atoms with van der Waals surface area (Å²) in [6, 6.07) is 14.0. The van der Waals surface area contributed by atoms with E-state index >= 15 is 0 Å². The van der Waals surface area contributed by atoms with E-state index in [1.54, 1.807) is 36.4 Å². The summed E-state index contributed by atoms with van der Waals surface area (Å²) in [6.07, 6.45) is -0.242. The van der Waals surface area contributed by atoms with Crippen LogP contribution >= 0.6 is 0 Å². The summed E-state index contributed by atoms with van der Waals surface area (Å²) in [5.74, 6) is -1.17. The van der Waals surface area contributed by atoms with E-state index < -0.39 is 23.9 Å². The molecule has 0 unspecified atom stereocenters. The SMILES string of the molecule is COC(=O)[C@@H]1C[C@H](Oc2ccccc2F)CN1C(=O)c1ccccc1. The zero-order valence-corrected chi connectivity index (χ0v) is 13.7. The topological polar surface area (TPSA) is 55.8 Å². The molecule has 5 nitrogen and oxygen atoms in total. The van der Waals surface area contributed by atoms with Crippen LogP contribution in [0, 0.1) is 5.82 Å². The summed E-state index contributed by atoms with van der Waals surface area (Å²) in [5.41, 5.74) is 0.475. The molecule has 1 amide bonds. The zero-order valence-electron chi connectivity index (χ0n) is 13.7. The number of methoxy groups -OCH3 is 1. The minimum absolute atomic E-state index is 0.102. The van der Waals surface area contributed by atoms with Gasteiger partial charge in [0.2, 0.25) is 0 Å². The molecule has 6 heteroatoms. The molecule has 3 rings (SSSR count). The highest BCUT2D eigenvalue weighted by Gasteiger charge is 2.41. The van der Waals surface area contributed by atoms with Crippen LogP contribution in [-0.2, 0) is 9.53 Å². The molecule has 0 spiro atoms. The van der Waals surface area contributed by atoms with Crippen LogP contribution in [0.3, 0.4) is 0 Å². The maximum absolute atomic E-state index is 13.8. The number of benzene rings is 2. The molecule has 0 aliphatic carbocycles. The van der Waals surface area contributed by atoms with E-state index in [9.17, 15) is 14.0 Å². The number of halogens is 1. The summed E-state index contributed by atoms with van der Waals surface area (Å²) >= 11 is 0. The van der Waals surface area contributed by atoms with E-state index in [1.165, 1.54) is 24.1 Å². The van der Waals surface area contributed by atoms with Crippen LogP contribution in [0.4, 0.5) is 4.39 Å². The first-order valence-electron chi connectivity index (χ1n) is 7.95. The number of carbonyl (C=O) groups is 2. The normalized spacial score (nSPS) is 19.5. The molecule has 2 aromatic carbocycles. The van der Waals surface area contributed by atoms with Crippen LogP contribution in [0.25, 0.3) is 0 Å². The van der Waals surface area contributed by atoms with Crippen LogP contribution in [0.2, 0.25) is 0 Å². The molecule has 1 fully saturated rings. The summed E-state index contributed by atoms with van der Waals surface area (Å²) in [4.78, 5) is 26.2. The molecular weight excluding hydrogens is 325 g/mol. The van der Waals surface area contributed by atoms with Crippen LogP contribution in [0.5, 0.6) is 5.75 Å². The number of nitrogens with zero attached hydrogens (tertiary/aromatic N) is 1. The summed E-state index contributed by atoms with van der Waals surface area (Å²) in [5, 5.41) is 0. The number of hydrogen-bond acceptors (Lipinski definition) is 4. The maximum Gasteiger partial charge on any atom is 0.328 e. The van der Waals surface area contributed by atoms with Gasteiger partial charge in [-0.15, -0.1) is 0 Å².